The summed E-state index contributed by atoms with van der Waals surface area (Å²) >= 11 is 0. The fourth-order valence-corrected chi connectivity index (χ4v) is 3.31. The Morgan fingerprint density at radius 1 is 1.14 bits per heavy atom. The van der Waals surface area contributed by atoms with Crippen molar-refractivity contribution >= 4 is 11.2 Å². The van der Waals surface area contributed by atoms with E-state index in [1.54, 1.807) is 0 Å². The van der Waals surface area contributed by atoms with E-state index < -0.39 is 0 Å². The molecule has 3 heterocycles. The van der Waals surface area contributed by atoms with Crippen molar-refractivity contribution in [3.05, 3.63) is 18.2 Å². The number of hydrogen-bond acceptors (Lipinski definition) is 3. The van der Waals surface area contributed by atoms with Crippen LogP contribution in [0.5, 0.6) is 5.75 Å². The van der Waals surface area contributed by atoms with Crippen LogP contribution in [0.1, 0.15) is 58.3 Å². The lowest BCUT2D eigenvalue weighted by Gasteiger charge is -2.21. The van der Waals surface area contributed by atoms with Crippen molar-refractivity contribution in [1.29, 1.82) is 0 Å². The standard InChI is InChI=1S/C11H12O2.C7H15N/c1-2-4-8(3-1)12-11-7-9-5-6-10(11)13-9;1-2-7-5-3-4-6-8-7/h5-8H,1-4H2;7-8H,2-6H2,1H3. The molecule has 1 aliphatic heterocycles. The molecule has 1 N–H and O–H groups in total. The maximum Gasteiger partial charge on any atom is 0.169 e. The van der Waals surface area contributed by atoms with Gasteiger partial charge in [-0.2, -0.15) is 0 Å². The number of nitrogens with one attached hydrogen (secondary N) is 1. The number of piperidine rings is 1. The number of hydrogen-bond donors (Lipinski definition) is 1. The molecule has 4 rings (SSSR count). The van der Waals surface area contributed by atoms with E-state index in [0.717, 1.165) is 23.0 Å². The summed E-state index contributed by atoms with van der Waals surface area (Å²) in [5.74, 6) is 0.935. The van der Waals surface area contributed by atoms with Crippen molar-refractivity contribution < 1.29 is 9.15 Å². The average molecular weight is 289 g/mol. The summed E-state index contributed by atoms with van der Waals surface area (Å²) in [7, 11) is 0. The Morgan fingerprint density at radius 3 is 2.48 bits per heavy atom. The number of ether oxygens (including phenoxy) is 1. The minimum absolute atomic E-state index is 0.427. The van der Waals surface area contributed by atoms with E-state index in [1.165, 1.54) is 57.9 Å². The molecule has 0 spiro atoms. The number of furan rings is 2. The van der Waals surface area contributed by atoms with Crippen molar-refractivity contribution in [2.24, 2.45) is 0 Å². The zero-order chi connectivity index (χ0) is 14.5. The maximum absolute atomic E-state index is 5.83. The van der Waals surface area contributed by atoms with E-state index in [4.69, 9.17) is 9.15 Å². The van der Waals surface area contributed by atoms with Gasteiger partial charge in [0.15, 0.2) is 11.3 Å². The predicted octanol–water partition coefficient (Wildman–Crippen LogP) is 4.73. The molecule has 2 aromatic rings. The van der Waals surface area contributed by atoms with Gasteiger partial charge in [0.25, 0.3) is 0 Å². The van der Waals surface area contributed by atoms with Gasteiger partial charge >= 0.3 is 0 Å². The van der Waals surface area contributed by atoms with Crippen LogP contribution in [-0.2, 0) is 0 Å². The molecule has 1 aliphatic carbocycles. The molecular weight excluding hydrogens is 262 g/mol. The van der Waals surface area contributed by atoms with Crippen LogP contribution in [0.3, 0.4) is 0 Å². The highest BCUT2D eigenvalue weighted by Gasteiger charge is 2.18. The SMILES string of the molecule is CCC1CCCCN1.c1cc2oc1cc2OC1CCCC1. The normalized spacial score (nSPS) is 23.2. The summed E-state index contributed by atoms with van der Waals surface area (Å²) in [5, 5.41) is 3.47. The van der Waals surface area contributed by atoms with Crippen LogP contribution in [0.2, 0.25) is 0 Å². The first kappa shape index (κ1) is 14.7. The molecule has 3 nitrogen and oxygen atoms in total. The molecule has 116 valence electrons. The van der Waals surface area contributed by atoms with Gasteiger partial charge in [-0.15, -0.1) is 0 Å². The molecule has 1 saturated heterocycles. The Hall–Kier alpha value is -1.22. The number of rotatable bonds is 3. The van der Waals surface area contributed by atoms with Gasteiger partial charge in [-0.1, -0.05) is 13.3 Å². The number of fused-ring (bicyclic) bond motifs is 2. The molecule has 21 heavy (non-hydrogen) atoms. The first-order chi connectivity index (χ1) is 10.3. The van der Waals surface area contributed by atoms with Crippen molar-refractivity contribution in [3.8, 4) is 5.75 Å². The van der Waals surface area contributed by atoms with Crippen LogP contribution in [0.15, 0.2) is 22.6 Å². The molecule has 1 atom stereocenters. The van der Waals surface area contributed by atoms with E-state index in [9.17, 15) is 0 Å². The second-order valence-electron chi connectivity index (χ2n) is 6.29. The van der Waals surface area contributed by atoms with Crippen molar-refractivity contribution in [2.45, 2.75) is 70.4 Å². The molecule has 1 unspecified atom stereocenters. The summed E-state index contributed by atoms with van der Waals surface area (Å²) in [5.41, 5.74) is 1.81. The van der Waals surface area contributed by atoms with Crippen molar-refractivity contribution in [1.82, 2.24) is 5.32 Å². The Morgan fingerprint density at radius 2 is 1.95 bits per heavy atom. The average Bonchev–Trinajstić information content (AvgIpc) is 3.27. The zero-order valence-corrected chi connectivity index (χ0v) is 13.1. The monoisotopic (exact) mass is 289 g/mol. The van der Waals surface area contributed by atoms with Crippen molar-refractivity contribution in [2.75, 3.05) is 6.54 Å². The lowest BCUT2D eigenvalue weighted by Crippen LogP contribution is -2.32. The first-order valence-corrected chi connectivity index (χ1v) is 8.57. The van der Waals surface area contributed by atoms with Crippen molar-refractivity contribution in [3.63, 3.8) is 0 Å². The molecule has 2 aliphatic rings. The van der Waals surface area contributed by atoms with Gasteiger partial charge in [0, 0.05) is 12.1 Å². The van der Waals surface area contributed by atoms with Gasteiger partial charge in [-0.3, -0.25) is 0 Å². The molecular formula is C18H27NO2. The zero-order valence-electron chi connectivity index (χ0n) is 13.1. The summed E-state index contributed by atoms with van der Waals surface area (Å²) in [6, 6.07) is 6.76. The van der Waals surface area contributed by atoms with Crippen LogP contribution in [-0.4, -0.2) is 18.7 Å². The fourth-order valence-electron chi connectivity index (χ4n) is 3.31. The Bertz CT molecular complexity index is 509. The van der Waals surface area contributed by atoms with Gasteiger partial charge in [0.1, 0.15) is 5.58 Å². The van der Waals surface area contributed by atoms with Crippen LogP contribution in [0, 0.1) is 0 Å². The van der Waals surface area contributed by atoms with E-state index in [0.29, 0.717) is 6.10 Å². The van der Waals surface area contributed by atoms with Crippen LogP contribution in [0.4, 0.5) is 0 Å². The predicted molar refractivity (Wildman–Crippen MR) is 86.2 cm³/mol. The van der Waals surface area contributed by atoms with Crippen LogP contribution >= 0.6 is 0 Å². The highest BCUT2D eigenvalue weighted by Crippen LogP contribution is 2.32. The summed E-state index contributed by atoms with van der Waals surface area (Å²) < 4.78 is 11.2. The molecule has 2 aromatic heterocycles. The van der Waals surface area contributed by atoms with E-state index in [-0.39, 0.29) is 0 Å². The molecule has 0 aromatic carbocycles. The quantitative estimate of drug-likeness (QED) is 0.887. The summed E-state index contributed by atoms with van der Waals surface area (Å²) in [6.45, 7) is 3.50. The summed E-state index contributed by atoms with van der Waals surface area (Å²) in [6.07, 6.45) is 11.0. The van der Waals surface area contributed by atoms with Gasteiger partial charge in [0.2, 0.25) is 0 Å². The van der Waals surface area contributed by atoms with E-state index >= 15 is 0 Å². The molecule has 2 bridgehead atoms. The Balaban J connectivity index is 0.000000143. The molecule has 1 saturated carbocycles. The first-order valence-electron chi connectivity index (χ1n) is 8.57. The smallest absolute Gasteiger partial charge is 0.169 e. The molecule has 0 radical (unpaired) electrons. The van der Waals surface area contributed by atoms with Gasteiger partial charge < -0.3 is 14.5 Å². The highest BCUT2D eigenvalue weighted by molar-refractivity contribution is 5.69. The van der Waals surface area contributed by atoms with E-state index in [1.807, 2.05) is 18.2 Å². The second-order valence-corrected chi connectivity index (χ2v) is 6.29. The molecule has 2 fully saturated rings. The third-order valence-electron chi connectivity index (χ3n) is 4.64. The Labute approximate surface area is 127 Å². The Kier molecular flexibility index (Phi) is 5.02. The molecule has 0 amide bonds. The fraction of sp³-hybridized carbons (Fsp3) is 0.667. The summed E-state index contributed by atoms with van der Waals surface area (Å²) in [4.78, 5) is 0. The van der Waals surface area contributed by atoms with Crippen LogP contribution < -0.4 is 10.1 Å². The lowest BCUT2D eigenvalue weighted by molar-refractivity contribution is 0.212. The largest absolute Gasteiger partial charge is 0.486 e. The minimum atomic E-state index is 0.427. The van der Waals surface area contributed by atoms with Gasteiger partial charge in [-0.05, 0) is 63.6 Å². The third kappa shape index (κ3) is 3.91. The lowest BCUT2D eigenvalue weighted by atomic mass is 10.0. The molecule has 3 heteroatoms. The van der Waals surface area contributed by atoms with Crippen LogP contribution in [0.25, 0.3) is 11.2 Å². The topological polar surface area (TPSA) is 34.4 Å². The minimum Gasteiger partial charge on any atom is -0.486 e. The van der Waals surface area contributed by atoms with Gasteiger partial charge in [0.05, 0.1) is 6.10 Å². The third-order valence-corrected chi connectivity index (χ3v) is 4.64. The highest BCUT2D eigenvalue weighted by atomic mass is 16.5. The van der Waals surface area contributed by atoms with E-state index in [2.05, 4.69) is 12.2 Å². The van der Waals surface area contributed by atoms with Gasteiger partial charge in [-0.25, -0.2) is 0 Å². The maximum atomic E-state index is 5.83. The second kappa shape index (κ2) is 7.17. The number of benzene rings is 1.